The molecule has 1 fully saturated rings. The summed E-state index contributed by atoms with van der Waals surface area (Å²) in [6.07, 6.45) is 0. The lowest BCUT2D eigenvalue weighted by Crippen LogP contribution is -2.43. The summed E-state index contributed by atoms with van der Waals surface area (Å²) in [5, 5.41) is 3.31. The average Bonchev–Trinajstić information content (AvgIpc) is 2.29. The van der Waals surface area contributed by atoms with Gasteiger partial charge in [-0.25, -0.2) is 0 Å². The predicted octanol–water partition coefficient (Wildman–Crippen LogP) is 3.34. The van der Waals surface area contributed by atoms with Crippen LogP contribution < -0.4 is 10.2 Å². The fraction of sp³-hybridized carbons (Fsp3) is 0.455. The quantitative estimate of drug-likeness (QED) is 0.800. The molecular weight excluding hydrogens is 302 g/mol. The summed E-state index contributed by atoms with van der Waals surface area (Å²) < 4.78 is -1.34. The molecule has 0 unspecified atom stereocenters. The lowest BCUT2D eigenvalue weighted by Gasteiger charge is -2.30. The Bertz CT molecular complexity index is 359. The van der Waals surface area contributed by atoms with Crippen LogP contribution in [0.3, 0.4) is 0 Å². The Morgan fingerprint density at radius 1 is 1.12 bits per heavy atom. The zero-order chi connectivity index (χ0) is 11.6. The van der Waals surface area contributed by atoms with Crippen molar-refractivity contribution in [1.29, 1.82) is 0 Å². The fourth-order valence-corrected chi connectivity index (χ4v) is 2.15. The van der Waals surface area contributed by atoms with Gasteiger partial charge >= 0.3 is 0 Å². The summed E-state index contributed by atoms with van der Waals surface area (Å²) in [6, 6.07) is 7.75. The number of hydrogen-bond donors (Lipinski definition) is 1. The van der Waals surface area contributed by atoms with Crippen LogP contribution in [0.25, 0.3) is 0 Å². The van der Waals surface area contributed by atoms with Crippen LogP contribution in [0.15, 0.2) is 24.3 Å². The van der Waals surface area contributed by atoms with Gasteiger partial charge in [-0.05, 0) is 12.1 Å². The first kappa shape index (κ1) is 15.2. The van der Waals surface area contributed by atoms with Crippen LogP contribution in [-0.2, 0) is 3.79 Å². The van der Waals surface area contributed by atoms with Crippen molar-refractivity contribution in [3.63, 3.8) is 0 Å². The summed E-state index contributed by atoms with van der Waals surface area (Å²) in [4.78, 5) is 2.29. The maximum absolute atomic E-state index is 5.87. The van der Waals surface area contributed by atoms with Gasteiger partial charge < -0.3 is 10.2 Å². The second kappa shape index (κ2) is 6.35. The largest absolute Gasteiger partial charge is 0.369 e. The molecular formula is C11H14Cl4N2. The molecule has 17 heavy (non-hydrogen) atoms. The molecule has 1 aromatic carbocycles. The minimum Gasteiger partial charge on any atom is -0.369 e. The summed E-state index contributed by atoms with van der Waals surface area (Å²) in [6.45, 7) is 3.97. The molecule has 0 spiro atoms. The molecule has 1 aliphatic heterocycles. The number of nitrogens with zero attached hydrogens (tertiary/aromatic N) is 1. The molecule has 0 radical (unpaired) electrons. The van der Waals surface area contributed by atoms with E-state index >= 15 is 0 Å². The molecule has 0 atom stereocenters. The number of nitrogens with one attached hydrogen (secondary N) is 1. The molecule has 0 bridgehead atoms. The van der Waals surface area contributed by atoms with E-state index in [4.69, 9.17) is 34.8 Å². The second-order valence-corrected chi connectivity index (χ2v) is 6.07. The highest BCUT2D eigenvalue weighted by molar-refractivity contribution is 6.66. The van der Waals surface area contributed by atoms with Crippen molar-refractivity contribution < 1.29 is 0 Å². The zero-order valence-electron chi connectivity index (χ0n) is 9.13. The third-order valence-corrected chi connectivity index (χ3v) is 3.31. The molecule has 1 saturated heterocycles. The minimum atomic E-state index is -1.34. The Balaban J connectivity index is 0.00000144. The number of anilines is 1. The normalized spacial score (nSPS) is 16.5. The molecule has 1 N–H and O–H groups in total. The van der Waals surface area contributed by atoms with Crippen molar-refractivity contribution in [2.45, 2.75) is 3.79 Å². The van der Waals surface area contributed by atoms with Gasteiger partial charge in [0, 0.05) is 37.4 Å². The number of benzene rings is 1. The van der Waals surface area contributed by atoms with Crippen molar-refractivity contribution in [2.24, 2.45) is 0 Å². The van der Waals surface area contributed by atoms with Crippen molar-refractivity contribution in [2.75, 3.05) is 31.1 Å². The number of alkyl halides is 3. The van der Waals surface area contributed by atoms with Crippen LogP contribution >= 0.6 is 47.2 Å². The van der Waals surface area contributed by atoms with Crippen molar-refractivity contribution in [1.82, 2.24) is 5.32 Å². The van der Waals surface area contributed by atoms with E-state index in [-0.39, 0.29) is 12.4 Å². The Morgan fingerprint density at radius 3 is 2.35 bits per heavy atom. The average molecular weight is 316 g/mol. The minimum absolute atomic E-state index is 0. The van der Waals surface area contributed by atoms with E-state index in [1.165, 1.54) is 0 Å². The molecule has 6 heteroatoms. The summed E-state index contributed by atoms with van der Waals surface area (Å²) >= 11 is 17.6. The molecule has 0 amide bonds. The molecule has 2 nitrogen and oxygen atoms in total. The molecule has 96 valence electrons. The van der Waals surface area contributed by atoms with Crippen LogP contribution in [0.1, 0.15) is 5.56 Å². The van der Waals surface area contributed by atoms with Crippen LogP contribution in [0.5, 0.6) is 0 Å². The summed E-state index contributed by atoms with van der Waals surface area (Å²) in [5.74, 6) is 0. The van der Waals surface area contributed by atoms with E-state index in [0.717, 1.165) is 31.9 Å². The van der Waals surface area contributed by atoms with E-state index in [0.29, 0.717) is 5.56 Å². The van der Waals surface area contributed by atoms with Gasteiger partial charge in [0.15, 0.2) is 0 Å². The van der Waals surface area contributed by atoms with Gasteiger partial charge in [0.25, 0.3) is 0 Å². The SMILES string of the molecule is Cl.ClC(Cl)(Cl)c1cccc(N2CCNCC2)c1. The first-order chi connectivity index (χ1) is 7.57. The lowest BCUT2D eigenvalue weighted by atomic mass is 10.2. The number of halogens is 4. The lowest BCUT2D eigenvalue weighted by molar-refractivity contribution is 0.589. The Morgan fingerprint density at radius 2 is 1.76 bits per heavy atom. The van der Waals surface area contributed by atoms with Crippen LogP contribution in [0, 0.1) is 0 Å². The fourth-order valence-electron chi connectivity index (χ4n) is 1.80. The number of hydrogen-bond acceptors (Lipinski definition) is 2. The van der Waals surface area contributed by atoms with E-state index in [2.05, 4.69) is 10.2 Å². The van der Waals surface area contributed by atoms with Gasteiger partial charge in [0.1, 0.15) is 0 Å². The van der Waals surface area contributed by atoms with Crippen molar-refractivity contribution in [3.05, 3.63) is 29.8 Å². The maximum atomic E-state index is 5.87. The third kappa shape index (κ3) is 4.08. The van der Waals surface area contributed by atoms with Crippen LogP contribution in [-0.4, -0.2) is 26.2 Å². The molecule has 0 aliphatic carbocycles. The maximum Gasteiger partial charge on any atom is 0.216 e. The van der Waals surface area contributed by atoms with Crippen molar-refractivity contribution >= 4 is 52.9 Å². The van der Waals surface area contributed by atoms with Gasteiger partial charge in [-0.1, -0.05) is 46.9 Å². The molecule has 2 rings (SSSR count). The zero-order valence-corrected chi connectivity index (χ0v) is 12.2. The van der Waals surface area contributed by atoms with E-state index < -0.39 is 3.79 Å². The van der Waals surface area contributed by atoms with Gasteiger partial charge in [-0.3, -0.25) is 0 Å². The first-order valence-electron chi connectivity index (χ1n) is 5.20. The first-order valence-corrected chi connectivity index (χ1v) is 6.34. The molecule has 1 aromatic rings. The molecule has 1 heterocycles. The Kier molecular flexibility index (Phi) is 5.68. The molecule has 0 aromatic heterocycles. The van der Waals surface area contributed by atoms with E-state index in [1.54, 1.807) is 0 Å². The van der Waals surface area contributed by atoms with Crippen LogP contribution in [0.2, 0.25) is 0 Å². The van der Waals surface area contributed by atoms with Crippen molar-refractivity contribution in [3.8, 4) is 0 Å². The highest BCUT2D eigenvalue weighted by Gasteiger charge is 2.23. The van der Waals surface area contributed by atoms with Gasteiger partial charge in [-0.2, -0.15) is 0 Å². The topological polar surface area (TPSA) is 15.3 Å². The van der Waals surface area contributed by atoms with Crippen LogP contribution in [0.4, 0.5) is 5.69 Å². The summed E-state index contributed by atoms with van der Waals surface area (Å²) in [7, 11) is 0. The highest BCUT2D eigenvalue weighted by atomic mass is 35.6. The molecule has 0 saturated carbocycles. The Hall–Kier alpha value is 0.140. The second-order valence-electron chi connectivity index (χ2n) is 3.79. The smallest absolute Gasteiger partial charge is 0.216 e. The van der Waals surface area contributed by atoms with E-state index in [1.807, 2.05) is 24.3 Å². The summed E-state index contributed by atoms with van der Waals surface area (Å²) in [5.41, 5.74) is 1.83. The Labute approximate surface area is 123 Å². The monoisotopic (exact) mass is 314 g/mol. The van der Waals surface area contributed by atoms with Gasteiger partial charge in [0.2, 0.25) is 3.79 Å². The van der Waals surface area contributed by atoms with E-state index in [9.17, 15) is 0 Å². The highest BCUT2D eigenvalue weighted by Crippen LogP contribution is 2.39. The number of rotatable bonds is 1. The predicted molar refractivity (Wildman–Crippen MR) is 78.0 cm³/mol. The standard InChI is InChI=1S/C11H13Cl3N2.ClH/c12-11(13,14)9-2-1-3-10(8-9)16-6-4-15-5-7-16;/h1-3,8,15H,4-7H2;1H. The van der Waals surface area contributed by atoms with Gasteiger partial charge in [0.05, 0.1) is 0 Å². The number of piperazine rings is 1. The molecule has 1 aliphatic rings. The van der Waals surface area contributed by atoms with Gasteiger partial charge in [-0.15, -0.1) is 12.4 Å². The third-order valence-electron chi connectivity index (χ3n) is 2.66.